The van der Waals surface area contributed by atoms with E-state index < -0.39 is 35.2 Å². The van der Waals surface area contributed by atoms with Gasteiger partial charge in [0.15, 0.2) is 17.6 Å². The third-order valence-electron chi connectivity index (χ3n) is 3.76. The molecule has 0 amide bonds. The summed E-state index contributed by atoms with van der Waals surface area (Å²) in [5.41, 5.74) is 0.109. The Bertz CT molecular complexity index is 1030. The minimum Gasteiger partial charge on any atom is -0.463 e. The molecule has 3 heterocycles. The topological polar surface area (TPSA) is 65.2 Å². The molecule has 0 spiro atoms. The van der Waals surface area contributed by atoms with Crippen molar-refractivity contribution in [1.29, 1.82) is 0 Å². The molecule has 0 unspecified atom stereocenters. The van der Waals surface area contributed by atoms with Crippen molar-refractivity contribution < 1.29 is 31.1 Å². The summed E-state index contributed by atoms with van der Waals surface area (Å²) in [4.78, 5) is 7.54. The number of aryl methyl sites for hydroxylation is 1. The molecule has 0 bridgehead atoms. The van der Waals surface area contributed by atoms with E-state index in [9.17, 15) is 26.3 Å². The van der Waals surface area contributed by atoms with Crippen molar-refractivity contribution in [3.8, 4) is 17.1 Å². The Morgan fingerprint density at radius 2 is 1.79 bits per heavy atom. The number of rotatable bonds is 4. The standard InChI is InChI=1S/C15H10ClF6N5O/c1-6-11(23-5-10-25-26-13(27(6)10)14(16,18)19)8-3-9(17)12(24-4-8)28-7(2)15(20,21)22/h3-5,7H,1-2H3/t7-/m0/s1. The SMILES string of the molecule is Cc1c(-c2cnc(O[C@@H](C)C(F)(F)F)c(F)c2)ncc2nnc(C(F)(F)Cl)n12. The maximum absolute atomic E-state index is 14.2. The van der Waals surface area contributed by atoms with Crippen LogP contribution >= 0.6 is 11.6 Å². The lowest BCUT2D eigenvalue weighted by Gasteiger charge is -2.17. The minimum absolute atomic E-state index is 0.0152. The summed E-state index contributed by atoms with van der Waals surface area (Å²) in [6.45, 7) is 2.09. The van der Waals surface area contributed by atoms with Gasteiger partial charge in [0.25, 0.3) is 5.88 Å². The number of nitrogens with zero attached hydrogens (tertiary/aromatic N) is 5. The van der Waals surface area contributed by atoms with Gasteiger partial charge in [-0.2, -0.15) is 22.0 Å². The van der Waals surface area contributed by atoms with Crippen LogP contribution in [0.25, 0.3) is 16.9 Å². The van der Waals surface area contributed by atoms with Crippen molar-refractivity contribution in [2.45, 2.75) is 31.5 Å². The number of aromatic nitrogens is 5. The first-order valence-electron chi connectivity index (χ1n) is 7.57. The average Bonchev–Trinajstić information content (AvgIpc) is 3.01. The zero-order valence-electron chi connectivity index (χ0n) is 14.1. The molecule has 3 aromatic rings. The van der Waals surface area contributed by atoms with E-state index in [0.29, 0.717) is 6.92 Å². The molecule has 0 N–H and O–H groups in total. The summed E-state index contributed by atoms with van der Waals surface area (Å²) in [5, 5.41) is 3.04. The second kappa shape index (κ2) is 6.76. The number of hydrogen-bond acceptors (Lipinski definition) is 5. The van der Waals surface area contributed by atoms with E-state index in [0.717, 1.165) is 22.9 Å². The van der Waals surface area contributed by atoms with Crippen molar-refractivity contribution in [3.05, 3.63) is 35.8 Å². The van der Waals surface area contributed by atoms with E-state index in [2.05, 4.69) is 24.9 Å². The Hall–Kier alpha value is -2.63. The highest BCUT2D eigenvalue weighted by molar-refractivity contribution is 6.21. The Labute approximate surface area is 158 Å². The predicted molar refractivity (Wildman–Crippen MR) is 84.6 cm³/mol. The van der Waals surface area contributed by atoms with Gasteiger partial charge >= 0.3 is 11.6 Å². The number of fused-ring (bicyclic) bond motifs is 1. The highest BCUT2D eigenvalue weighted by atomic mass is 35.5. The molecule has 3 aromatic heterocycles. The summed E-state index contributed by atoms with van der Waals surface area (Å²) in [6.07, 6.45) is -4.86. The zero-order chi connectivity index (χ0) is 20.9. The van der Waals surface area contributed by atoms with E-state index in [1.807, 2.05) is 0 Å². The maximum Gasteiger partial charge on any atom is 0.425 e. The molecule has 0 saturated carbocycles. The van der Waals surface area contributed by atoms with Gasteiger partial charge in [0.05, 0.1) is 11.9 Å². The maximum atomic E-state index is 14.2. The molecule has 0 aromatic carbocycles. The lowest BCUT2D eigenvalue weighted by molar-refractivity contribution is -0.190. The molecule has 0 radical (unpaired) electrons. The molecule has 13 heteroatoms. The summed E-state index contributed by atoms with van der Waals surface area (Å²) < 4.78 is 84.2. The molecular formula is C15H10ClF6N5O. The number of hydrogen-bond donors (Lipinski definition) is 0. The van der Waals surface area contributed by atoms with Gasteiger partial charge in [0.2, 0.25) is 5.82 Å². The summed E-state index contributed by atoms with van der Waals surface area (Å²) in [6, 6.07) is 0.829. The van der Waals surface area contributed by atoms with Crippen LogP contribution in [0.4, 0.5) is 26.3 Å². The van der Waals surface area contributed by atoms with Gasteiger partial charge in [-0.3, -0.25) is 9.38 Å². The number of ether oxygens (including phenoxy) is 1. The fraction of sp³-hybridized carbons (Fsp3) is 0.333. The fourth-order valence-corrected chi connectivity index (χ4v) is 2.50. The molecule has 0 aliphatic carbocycles. The summed E-state index contributed by atoms with van der Waals surface area (Å²) in [5.74, 6) is -2.90. The van der Waals surface area contributed by atoms with E-state index >= 15 is 0 Å². The van der Waals surface area contributed by atoms with Gasteiger partial charge < -0.3 is 4.74 Å². The van der Waals surface area contributed by atoms with E-state index in [4.69, 9.17) is 11.6 Å². The number of alkyl halides is 6. The quantitative estimate of drug-likeness (QED) is 0.462. The Kier molecular flexibility index (Phi) is 4.86. The van der Waals surface area contributed by atoms with Gasteiger partial charge in [-0.05, 0) is 31.5 Å². The normalized spacial score (nSPS) is 13.8. The molecular weight excluding hydrogens is 416 g/mol. The third-order valence-corrected chi connectivity index (χ3v) is 3.93. The summed E-state index contributed by atoms with van der Waals surface area (Å²) in [7, 11) is 0. The Morgan fingerprint density at radius 3 is 2.36 bits per heavy atom. The average molecular weight is 426 g/mol. The van der Waals surface area contributed by atoms with Crippen molar-refractivity contribution in [2.75, 3.05) is 0 Å². The van der Waals surface area contributed by atoms with E-state index in [-0.39, 0.29) is 22.6 Å². The van der Waals surface area contributed by atoms with Crippen molar-refractivity contribution >= 4 is 17.2 Å². The Balaban J connectivity index is 2.04. The van der Waals surface area contributed by atoms with Crippen LogP contribution in [0.1, 0.15) is 18.4 Å². The van der Waals surface area contributed by atoms with Crippen molar-refractivity contribution in [2.24, 2.45) is 0 Å². The van der Waals surface area contributed by atoms with Crippen LogP contribution in [0.15, 0.2) is 18.5 Å². The first kappa shape index (κ1) is 20.1. The zero-order valence-corrected chi connectivity index (χ0v) is 14.9. The molecule has 0 aliphatic heterocycles. The van der Waals surface area contributed by atoms with Crippen LogP contribution in [0.3, 0.4) is 0 Å². The molecule has 0 saturated heterocycles. The highest BCUT2D eigenvalue weighted by Gasteiger charge is 2.39. The van der Waals surface area contributed by atoms with E-state index in [1.54, 1.807) is 0 Å². The fourth-order valence-electron chi connectivity index (χ4n) is 2.38. The van der Waals surface area contributed by atoms with Crippen LogP contribution in [0.2, 0.25) is 0 Å². The second-order valence-corrected chi connectivity index (χ2v) is 6.19. The number of pyridine rings is 1. The molecule has 150 valence electrons. The van der Waals surface area contributed by atoms with Crippen molar-refractivity contribution in [1.82, 2.24) is 24.6 Å². The van der Waals surface area contributed by atoms with Crippen LogP contribution < -0.4 is 4.74 Å². The summed E-state index contributed by atoms with van der Waals surface area (Å²) >= 11 is 5.02. The smallest absolute Gasteiger partial charge is 0.425 e. The van der Waals surface area contributed by atoms with Crippen LogP contribution in [0.5, 0.6) is 5.88 Å². The lowest BCUT2D eigenvalue weighted by atomic mass is 10.1. The monoisotopic (exact) mass is 425 g/mol. The molecule has 0 fully saturated rings. The van der Waals surface area contributed by atoms with Gasteiger partial charge in [-0.15, -0.1) is 10.2 Å². The van der Waals surface area contributed by atoms with Gasteiger partial charge in [-0.1, -0.05) is 0 Å². The number of halogens is 7. The third kappa shape index (κ3) is 3.68. The van der Waals surface area contributed by atoms with Gasteiger partial charge in [0.1, 0.15) is 0 Å². The highest BCUT2D eigenvalue weighted by Crippen LogP contribution is 2.33. The van der Waals surface area contributed by atoms with Crippen LogP contribution in [-0.4, -0.2) is 36.8 Å². The molecule has 1 atom stereocenters. The molecule has 3 rings (SSSR count). The van der Waals surface area contributed by atoms with Gasteiger partial charge in [-0.25, -0.2) is 9.37 Å². The predicted octanol–water partition coefficient (Wildman–Crippen LogP) is 4.25. The van der Waals surface area contributed by atoms with Crippen LogP contribution in [-0.2, 0) is 5.38 Å². The first-order chi connectivity index (χ1) is 12.9. The van der Waals surface area contributed by atoms with E-state index in [1.165, 1.54) is 6.92 Å². The lowest BCUT2D eigenvalue weighted by Crippen LogP contribution is -2.31. The second-order valence-electron chi connectivity index (χ2n) is 5.72. The largest absolute Gasteiger partial charge is 0.463 e. The molecule has 6 nitrogen and oxygen atoms in total. The molecule has 0 aliphatic rings. The molecule has 28 heavy (non-hydrogen) atoms. The Morgan fingerprint density at radius 1 is 1.11 bits per heavy atom. The van der Waals surface area contributed by atoms with Gasteiger partial charge in [0, 0.05) is 17.5 Å². The minimum atomic E-state index is -4.70. The first-order valence-corrected chi connectivity index (χ1v) is 7.94. The van der Waals surface area contributed by atoms with Crippen molar-refractivity contribution in [3.63, 3.8) is 0 Å². The van der Waals surface area contributed by atoms with Crippen LogP contribution in [0, 0.1) is 12.7 Å².